The molecule has 0 saturated carbocycles. The van der Waals surface area contributed by atoms with Gasteiger partial charge in [-0.15, -0.1) is 0 Å². The molecule has 0 aliphatic heterocycles. The summed E-state index contributed by atoms with van der Waals surface area (Å²) in [7, 11) is -3.41. The van der Waals surface area contributed by atoms with Crippen LogP contribution < -0.4 is 0 Å². The van der Waals surface area contributed by atoms with E-state index in [1.54, 1.807) is 0 Å². The second kappa shape index (κ2) is 6.36. The van der Waals surface area contributed by atoms with Crippen LogP contribution in [0.1, 0.15) is 19.8 Å². The quantitative estimate of drug-likeness (QED) is 0.778. The van der Waals surface area contributed by atoms with Gasteiger partial charge in [-0.3, -0.25) is 0 Å². The number of unbranched alkanes of at least 4 members (excludes halogenated alkanes) is 1. The summed E-state index contributed by atoms with van der Waals surface area (Å²) < 4.78 is 25.7. The average molecular weight is 310 g/mol. The van der Waals surface area contributed by atoms with Crippen LogP contribution in [0, 0.1) is 0 Å². The second-order valence-corrected chi connectivity index (χ2v) is 6.06. The molecule has 0 radical (unpaired) electrons. The van der Waals surface area contributed by atoms with Crippen molar-refractivity contribution in [3.63, 3.8) is 0 Å². The number of imidazole rings is 1. The SMILES string of the molecule is CCCCN(CCBr)S(=O)(=O)c1cnc[nH]1. The Labute approximate surface area is 104 Å². The molecule has 0 aromatic carbocycles. The first-order valence-electron chi connectivity index (χ1n) is 5.17. The smallest absolute Gasteiger partial charge is 0.260 e. The molecule has 1 heterocycles. The van der Waals surface area contributed by atoms with E-state index >= 15 is 0 Å². The summed E-state index contributed by atoms with van der Waals surface area (Å²) in [5.74, 6) is 0. The minimum atomic E-state index is -3.41. The summed E-state index contributed by atoms with van der Waals surface area (Å²) in [5.41, 5.74) is 0. The van der Waals surface area contributed by atoms with Crippen LogP contribution >= 0.6 is 15.9 Å². The highest BCUT2D eigenvalue weighted by Crippen LogP contribution is 2.13. The third-order valence-electron chi connectivity index (χ3n) is 2.19. The monoisotopic (exact) mass is 309 g/mol. The molecule has 0 bridgehead atoms. The molecule has 0 spiro atoms. The van der Waals surface area contributed by atoms with Crippen molar-refractivity contribution in [2.75, 3.05) is 18.4 Å². The van der Waals surface area contributed by atoms with Crippen molar-refractivity contribution in [2.24, 2.45) is 0 Å². The van der Waals surface area contributed by atoms with Crippen molar-refractivity contribution >= 4 is 26.0 Å². The van der Waals surface area contributed by atoms with E-state index in [1.807, 2.05) is 6.92 Å². The van der Waals surface area contributed by atoms with Gasteiger partial charge in [0.25, 0.3) is 10.0 Å². The van der Waals surface area contributed by atoms with Gasteiger partial charge < -0.3 is 4.98 Å². The summed E-state index contributed by atoms with van der Waals surface area (Å²) in [6.07, 6.45) is 4.54. The van der Waals surface area contributed by atoms with Crippen molar-refractivity contribution in [1.29, 1.82) is 0 Å². The molecule has 0 amide bonds. The van der Waals surface area contributed by atoms with Crippen LogP contribution in [0.15, 0.2) is 17.6 Å². The summed E-state index contributed by atoms with van der Waals surface area (Å²) in [6.45, 7) is 3.06. The Bertz CT molecular complexity index is 391. The molecule has 0 aliphatic carbocycles. The molecule has 1 aromatic rings. The normalized spacial score (nSPS) is 12.2. The number of sulfonamides is 1. The Hall–Kier alpha value is -0.400. The van der Waals surface area contributed by atoms with Gasteiger partial charge in [-0.1, -0.05) is 29.3 Å². The summed E-state index contributed by atoms with van der Waals surface area (Å²) in [4.78, 5) is 6.37. The zero-order valence-corrected chi connectivity index (χ0v) is 11.6. The number of nitrogens with one attached hydrogen (secondary N) is 1. The minimum absolute atomic E-state index is 0.157. The van der Waals surface area contributed by atoms with E-state index in [-0.39, 0.29) is 5.03 Å². The Kier molecular flexibility index (Phi) is 5.43. The maximum absolute atomic E-state index is 12.1. The summed E-state index contributed by atoms with van der Waals surface area (Å²) in [5, 5.41) is 0.786. The molecule has 0 unspecified atom stereocenters. The zero-order valence-electron chi connectivity index (χ0n) is 9.19. The average Bonchev–Trinajstić information content (AvgIpc) is 2.77. The zero-order chi connectivity index (χ0) is 12.0. The van der Waals surface area contributed by atoms with Gasteiger partial charge in [0.05, 0.1) is 12.5 Å². The molecule has 0 fully saturated rings. The summed E-state index contributed by atoms with van der Waals surface area (Å²) in [6, 6.07) is 0. The van der Waals surface area contributed by atoms with E-state index in [0.29, 0.717) is 18.4 Å². The molecular formula is C9H16BrN3O2S. The van der Waals surface area contributed by atoms with Crippen molar-refractivity contribution in [2.45, 2.75) is 24.8 Å². The van der Waals surface area contributed by atoms with Crippen molar-refractivity contribution in [3.8, 4) is 0 Å². The number of nitrogens with zero attached hydrogens (tertiary/aromatic N) is 2. The molecule has 0 aliphatic rings. The minimum Gasteiger partial charge on any atom is -0.335 e. The lowest BCUT2D eigenvalue weighted by Gasteiger charge is -2.19. The molecular weight excluding hydrogens is 294 g/mol. The molecule has 92 valence electrons. The molecule has 16 heavy (non-hydrogen) atoms. The third kappa shape index (κ3) is 3.29. The standard InChI is InChI=1S/C9H16BrN3O2S/c1-2-3-5-13(6-4-10)16(14,15)9-7-11-8-12-9/h7-8H,2-6H2,1H3,(H,11,12). The largest absolute Gasteiger partial charge is 0.335 e. The van der Waals surface area contributed by atoms with E-state index in [4.69, 9.17) is 0 Å². The van der Waals surface area contributed by atoms with Gasteiger partial charge in [0, 0.05) is 18.4 Å². The highest BCUT2D eigenvalue weighted by molar-refractivity contribution is 9.09. The van der Waals surface area contributed by atoms with Gasteiger partial charge in [0.1, 0.15) is 0 Å². The predicted octanol–water partition coefficient (Wildman–Crippen LogP) is 1.60. The summed E-state index contributed by atoms with van der Waals surface area (Å²) >= 11 is 3.27. The van der Waals surface area contributed by atoms with Gasteiger partial charge in [0.2, 0.25) is 0 Å². The van der Waals surface area contributed by atoms with E-state index < -0.39 is 10.0 Å². The third-order valence-corrected chi connectivity index (χ3v) is 4.36. The number of halogens is 1. The lowest BCUT2D eigenvalue weighted by atomic mass is 10.3. The topological polar surface area (TPSA) is 66.1 Å². The van der Waals surface area contributed by atoms with Gasteiger partial charge in [-0.05, 0) is 6.42 Å². The number of hydrogen-bond acceptors (Lipinski definition) is 3. The predicted molar refractivity (Wildman–Crippen MR) is 66.0 cm³/mol. The van der Waals surface area contributed by atoms with Gasteiger partial charge in [-0.25, -0.2) is 13.4 Å². The van der Waals surface area contributed by atoms with Crippen molar-refractivity contribution in [3.05, 3.63) is 12.5 Å². The lowest BCUT2D eigenvalue weighted by molar-refractivity contribution is 0.420. The van der Waals surface area contributed by atoms with E-state index in [2.05, 4.69) is 25.9 Å². The molecule has 0 atom stereocenters. The maximum atomic E-state index is 12.1. The van der Waals surface area contributed by atoms with Crippen LogP contribution in [0.2, 0.25) is 0 Å². The first-order valence-corrected chi connectivity index (χ1v) is 7.73. The van der Waals surface area contributed by atoms with E-state index in [9.17, 15) is 8.42 Å². The van der Waals surface area contributed by atoms with Gasteiger partial charge in [-0.2, -0.15) is 4.31 Å². The first kappa shape index (κ1) is 13.7. The number of alkyl halides is 1. The number of rotatable bonds is 7. The van der Waals surface area contributed by atoms with E-state index in [0.717, 1.165) is 12.8 Å². The number of H-pyrrole nitrogens is 1. The fraction of sp³-hybridized carbons (Fsp3) is 0.667. The molecule has 1 N–H and O–H groups in total. The van der Waals surface area contributed by atoms with Crippen LogP contribution in [0.25, 0.3) is 0 Å². The van der Waals surface area contributed by atoms with Crippen molar-refractivity contribution in [1.82, 2.24) is 14.3 Å². The van der Waals surface area contributed by atoms with Gasteiger partial charge >= 0.3 is 0 Å². The maximum Gasteiger partial charge on any atom is 0.260 e. The van der Waals surface area contributed by atoms with Crippen LogP contribution in [0.3, 0.4) is 0 Å². The molecule has 7 heteroatoms. The lowest BCUT2D eigenvalue weighted by Crippen LogP contribution is -2.33. The van der Waals surface area contributed by atoms with Crippen LogP contribution in [-0.2, 0) is 10.0 Å². The van der Waals surface area contributed by atoms with Gasteiger partial charge in [0.15, 0.2) is 5.03 Å². The molecule has 0 saturated heterocycles. The van der Waals surface area contributed by atoms with E-state index in [1.165, 1.54) is 16.8 Å². The van der Waals surface area contributed by atoms with Crippen LogP contribution in [-0.4, -0.2) is 41.1 Å². The fourth-order valence-corrected chi connectivity index (χ4v) is 3.34. The van der Waals surface area contributed by atoms with Crippen molar-refractivity contribution < 1.29 is 8.42 Å². The number of hydrogen-bond donors (Lipinski definition) is 1. The Balaban J connectivity index is 2.84. The molecule has 1 rings (SSSR count). The van der Waals surface area contributed by atoms with Crippen LogP contribution in [0.5, 0.6) is 0 Å². The highest BCUT2D eigenvalue weighted by atomic mass is 79.9. The number of aromatic amines is 1. The second-order valence-electron chi connectivity index (χ2n) is 3.36. The Morgan fingerprint density at radius 1 is 1.50 bits per heavy atom. The number of aromatic nitrogens is 2. The first-order chi connectivity index (χ1) is 7.62. The molecule has 5 nitrogen and oxygen atoms in total. The highest BCUT2D eigenvalue weighted by Gasteiger charge is 2.24. The Morgan fingerprint density at radius 3 is 2.75 bits per heavy atom. The van der Waals surface area contributed by atoms with Crippen LogP contribution in [0.4, 0.5) is 0 Å². The molecule has 1 aromatic heterocycles. The Morgan fingerprint density at radius 2 is 2.25 bits per heavy atom. The fourth-order valence-electron chi connectivity index (χ4n) is 1.30.